The van der Waals surface area contributed by atoms with E-state index in [9.17, 15) is 18.3 Å². The van der Waals surface area contributed by atoms with E-state index in [0.717, 1.165) is 25.7 Å². The zero-order valence-corrected chi connectivity index (χ0v) is 17.1. The summed E-state index contributed by atoms with van der Waals surface area (Å²) in [5.41, 5.74) is 0.865. The lowest BCUT2D eigenvalue weighted by molar-refractivity contribution is 0.0916. The number of ether oxygens (including phenoxy) is 1. The number of methoxy groups -OCH3 is 1. The normalized spacial score (nSPS) is 15.8. The van der Waals surface area contributed by atoms with E-state index in [-0.39, 0.29) is 23.0 Å². The van der Waals surface area contributed by atoms with Crippen molar-refractivity contribution in [1.29, 1.82) is 0 Å². The fourth-order valence-corrected chi connectivity index (χ4v) is 4.72. The van der Waals surface area contributed by atoms with Crippen molar-refractivity contribution in [3.8, 4) is 5.75 Å². The number of nitrogens with one attached hydrogen (secondary N) is 2. The minimum absolute atomic E-state index is 0.00244. The highest BCUT2D eigenvalue weighted by Gasteiger charge is 2.23. The molecule has 3 N–H and O–H groups in total. The maximum atomic E-state index is 12.6. The number of carbonyl (C=O) groups excluding carboxylic acids is 1. The molecule has 0 bridgehead atoms. The highest BCUT2D eigenvalue weighted by molar-refractivity contribution is 7.89. The minimum atomic E-state index is -3.67. The molecule has 1 aliphatic rings. The Bertz CT molecular complexity index is 938. The highest BCUT2D eigenvalue weighted by atomic mass is 32.2. The molecular weight excluding hydrogens is 392 g/mol. The third kappa shape index (κ3) is 5.56. The predicted octanol–water partition coefficient (Wildman–Crippen LogP) is 2.38. The summed E-state index contributed by atoms with van der Waals surface area (Å²) in [6.45, 7) is 0.00244. The quantitative estimate of drug-likeness (QED) is 0.611. The average molecular weight is 419 g/mol. The van der Waals surface area contributed by atoms with E-state index in [0.29, 0.717) is 11.3 Å². The molecule has 0 saturated heterocycles. The van der Waals surface area contributed by atoms with Crippen molar-refractivity contribution in [1.82, 2.24) is 10.0 Å². The molecule has 1 saturated carbocycles. The van der Waals surface area contributed by atoms with Gasteiger partial charge in [0.25, 0.3) is 5.91 Å². The lowest BCUT2D eigenvalue weighted by Crippen LogP contribution is -2.33. The van der Waals surface area contributed by atoms with Crippen molar-refractivity contribution >= 4 is 15.9 Å². The first-order chi connectivity index (χ1) is 13.9. The van der Waals surface area contributed by atoms with E-state index < -0.39 is 22.0 Å². The van der Waals surface area contributed by atoms with Crippen LogP contribution >= 0.6 is 0 Å². The maximum absolute atomic E-state index is 12.6. The van der Waals surface area contributed by atoms with Gasteiger partial charge >= 0.3 is 0 Å². The lowest BCUT2D eigenvalue weighted by atomic mass is 10.1. The molecule has 156 valence electrons. The topological polar surface area (TPSA) is 105 Å². The molecule has 8 heteroatoms. The molecule has 1 amide bonds. The largest absolute Gasteiger partial charge is 0.497 e. The van der Waals surface area contributed by atoms with Gasteiger partial charge in [-0.15, -0.1) is 0 Å². The number of aliphatic hydroxyl groups excluding tert-OH is 1. The lowest BCUT2D eigenvalue weighted by Gasteiger charge is -2.14. The van der Waals surface area contributed by atoms with Crippen LogP contribution in [-0.2, 0) is 10.0 Å². The summed E-state index contributed by atoms with van der Waals surface area (Å²) in [5, 5.41) is 12.9. The summed E-state index contributed by atoms with van der Waals surface area (Å²) in [4.78, 5) is 12.5. The Labute approximate surface area is 171 Å². The molecule has 0 aromatic heterocycles. The van der Waals surface area contributed by atoms with Crippen LogP contribution < -0.4 is 14.8 Å². The Morgan fingerprint density at radius 3 is 2.52 bits per heavy atom. The van der Waals surface area contributed by atoms with Gasteiger partial charge in [0, 0.05) is 18.2 Å². The molecular formula is C21H26N2O5S. The molecule has 1 atom stereocenters. The monoisotopic (exact) mass is 418 g/mol. The first kappa shape index (κ1) is 21.3. The fourth-order valence-electron chi connectivity index (χ4n) is 3.37. The van der Waals surface area contributed by atoms with Gasteiger partial charge in [0.15, 0.2) is 0 Å². The molecule has 3 rings (SSSR count). The average Bonchev–Trinajstić information content (AvgIpc) is 3.24. The van der Waals surface area contributed by atoms with Gasteiger partial charge in [-0.05, 0) is 48.7 Å². The number of sulfonamides is 1. The standard InChI is InChI=1S/C21H26N2O5S/c1-28-18-11-9-15(10-12-18)20(24)14-22-21(25)16-5-4-8-19(13-16)29(26,27)23-17-6-2-3-7-17/h4-5,8-13,17,20,23-24H,2-3,6-7,14H2,1H3,(H,22,25). The number of carbonyl (C=O) groups is 1. The fraction of sp³-hybridized carbons (Fsp3) is 0.381. The summed E-state index contributed by atoms with van der Waals surface area (Å²) in [7, 11) is -2.11. The second-order valence-corrected chi connectivity index (χ2v) is 8.84. The van der Waals surface area contributed by atoms with Gasteiger partial charge in [-0.3, -0.25) is 4.79 Å². The molecule has 0 aliphatic heterocycles. The van der Waals surface area contributed by atoms with E-state index >= 15 is 0 Å². The molecule has 1 aliphatic carbocycles. The van der Waals surface area contributed by atoms with Gasteiger partial charge in [-0.25, -0.2) is 13.1 Å². The van der Waals surface area contributed by atoms with Crippen LogP contribution in [0.2, 0.25) is 0 Å². The van der Waals surface area contributed by atoms with Crippen molar-refractivity contribution in [2.45, 2.75) is 42.7 Å². The SMILES string of the molecule is COc1ccc(C(O)CNC(=O)c2cccc(S(=O)(=O)NC3CCCC3)c2)cc1. The minimum Gasteiger partial charge on any atom is -0.497 e. The first-order valence-electron chi connectivity index (χ1n) is 9.61. The zero-order chi connectivity index (χ0) is 20.9. The molecule has 2 aromatic carbocycles. The molecule has 29 heavy (non-hydrogen) atoms. The van der Waals surface area contributed by atoms with Crippen LogP contribution in [0.25, 0.3) is 0 Å². The van der Waals surface area contributed by atoms with Gasteiger partial charge in [0.1, 0.15) is 5.75 Å². The highest BCUT2D eigenvalue weighted by Crippen LogP contribution is 2.21. The maximum Gasteiger partial charge on any atom is 0.251 e. The van der Waals surface area contributed by atoms with Crippen molar-refractivity contribution in [2.75, 3.05) is 13.7 Å². The van der Waals surface area contributed by atoms with Gasteiger partial charge in [0.2, 0.25) is 10.0 Å². The predicted molar refractivity (Wildman–Crippen MR) is 109 cm³/mol. The van der Waals surface area contributed by atoms with Crippen molar-refractivity contribution in [2.24, 2.45) is 0 Å². The number of hydrogen-bond acceptors (Lipinski definition) is 5. The molecule has 0 radical (unpaired) electrons. The summed E-state index contributed by atoms with van der Waals surface area (Å²) in [5.74, 6) is 0.227. The van der Waals surface area contributed by atoms with Crippen LogP contribution in [0.5, 0.6) is 5.75 Å². The van der Waals surface area contributed by atoms with Crippen molar-refractivity contribution < 1.29 is 23.1 Å². The van der Waals surface area contributed by atoms with E-state index in [4.69, 9.17) is 4.74 Å². The number of amides is 1. The van der Waals surface area contributed by atoms with E-state index in [2.05, 4.69) is 10.0 Å². The Morgan fingerprint density at radius 1 is 1.17 bits per heavy atom. The summed E-state index contributed by atoms with van der Waals surface area (Å²) < 4.78 is 32.9. The van der Waals surface area contributed by atoms with Gasteiger partial charge < -0.3 is 15.2 Å². The Balaban J connectivity index is 1.62. The van der Waals surface area contributed by atoms with Crippen LogP contribution in [0.1, 0.15) is 47.7 Å². The molecule has 1 unspecified atom stereocenters. The van der Waals surface area contributed by atoms with Crippen molar-refractivity contribution in [3.63, 3.8) is 0 Å². The van der Waals surface area contributed by atoms with Gasteiger partial charge in [0.05, 0.1) is 18.1 Å². The first-order valence-corrected chi connectivity index (χ1v) is 11.1. The second kappa shape index (κ2) is 9.39. The summed E-state index contributed by atoms with van der Waals surface area (Å²) >= 11 is 0. The van der Waals surface area contributed by atoms with E-state index in [1.165, 1.54) is 18.2 Å². The van der Waals surface area contributed by atoms with Crippen molar-refractivity contribution in [3.05, 3.63) is 59.7 Å². The van der Waals surface area contributed by atoms with Gasteiger partial charge in [-0.2, -0.15) is 0 Å². The van der Waals surface area contributed by atoms with Crippen LogP contribution in [0.3, 0.4) is 0 Å². The second-order valence-electron chi connectivity index (χ2n) is 7.13. The molecule has 0 heterocycles. The zero-order valence-electron chi connectivity index (χ0n) is 16.3. The molecule has 0 spiro atoms. The Hall–Kier alpha value is -2.42. The Morgan fingerprint density at radius 2 is 1.86 bits per heavy atom. The summed E-state index contributed by atoms with van der Waals surface area (Å²) in [6, 6.07) is 12.8. The van der Waals surface area contributed by atoms with E-state index in [1.54, 1.807) is 37.4 Å². The van der Waals surface area contributed by atoms with Crippen LogP contribution in [0.4, 0.5) is 0 Å². The summed E-state index contributed by atoms with van der Waals surface area (Å²) in [6.07, 6.45) is 2.82. The van der Waals surface area contributed by atoms with Gasteiger partial charge in [-0.1, -0.05) is 31.0 Å². The molecule has 1 fully saturated rings. The molecule has 2 aromatic rings. The van der Waals surface area contributed by atoms with Crippen LogP contribution in [-0.4, -0.2) is 39.1 Å². The van der Waals surface area contributed by atoms with Crippen LogP contribution in [0.15, 0.2) is 53.4 Å². The van der Waals surface area contributed by atoms with Crippen LogP contribution in [0, 0.1) is 0 Å². The third-order valence-corrected chi connectivity index (χ3v) is 6.56. The number of rotatable bonds is 8. The molecule has 7 nitrogen and oxygen atoms in total. The third-order valence-electron chi connectivity index (χ3n) is 5.04. The number of aliphatic hydroxyl groups is 1. The number of benzene rings is 2. The Kier molecular flexibility index (Phi) is 6.89. The van der Waals surface area contributed by atoms with E-state index in [1.807, 2.05) is 0 Å². The number of hydrogen-bond donors (Lipinski definition) is 3. The smallest absolute Gasteiger partial charge is 0.251 e.